The number of phenols is 1. The van der Waals surface area contributed by atoms with Crippen molar-refractivity contribution in [3.8, 4) is 5.75 Å². The van der Waals surface area contributed by atoms with E-state index < -0.39 is 17.9 Å². The summed E-state index contributed by atoms with van der Waals surface area (Å²) in [5, 5.41) is 24.5. The SMILES string of the molecule is CCC=CCC=CCC=CCC=CCC=CCC=CCCC(=O)NCCCCC(NC(=O)c1ccccc1O)C(=O)O. The number of nitrogens with one attached hydrogen (secondary N) is 2. The fraction of sp³-hybridized carbons (Fsp3) is 0.400. The Kier molecular flexibility index (Phi) is 21.1. The normalized spacial score (nSPS) is 12.9. The van der Waals surface area contributed by atoms with Gasteiger partial charge in [0, 0.05) is 13.0 Å². The highest BCUT2D eigenvalue weighted by molar-refractivity contribution is 5.98. The Bertz CT molecular complexity index is 1100. The van der Waals surface area contributed by atoms with Crippen LogP contribution in [0.5, 0.6) is 5.75 Å². The third-order valence-electron chi connectivity index (χ3n) is 6.13. The van der Waals surface area contributed by atoms with E-state index in [2.05, 4.69) is 84.4 Å². The zero-order valence-corrected chi connectivity index (χ0v) is 24.9. The molecule has 1 atom stereocenters. The molecule has 0 saturated carbocycles. The molecule has 0 aliphatic heterocycles. The van der Waals surface area contributed by atoms with Crippen LogP contribution >= 0.6 is 0 Å². The van der Waals surface area contributed by atoms with Gasteiger partial charge in [0.25, 0.3) is 5.91 Å². The van der Waals surface area contributed by atoms with Crippen LogP contribution in [-0.4, -0.2) is 40.6 Å². The lowest BCUT2D eigenvalue weighted by molar-refractivity contribution is -0.139. The van der Waals surface area contributed by atoms with Gasteiger partial charge in [0.15, 0.2) is 0 Å². The first-order valence-electron chi connectivity index (χ1n) is 14.9. The van der Waals surface area contributed by atoms with Gasteiger partial charge in [0.1, 0.15) is 11.8 Å². The summed E-state index contributed by atoms with van der Waals surface area (Å²) in [4.78, 5) is 35.8. The number of hydrogen-bond donors (Lipinski definition) is 4. The molecule has 1 aromatic carbocycles. The molecule has 1 aromatic rings. The minimum atomic E-state index is -1.14. The number of carboxylic acid groups (broad SMARTS) is 1. The van der Waals surface area contributed by atoms with Crippen molar-refractivity contribution in [1.82, 2.24) is 10.6 Å². The second-order valence-electron chi connectivity index (χ2n) is 9.68. The smallest absolute Gasteiger partial charge is 0.326 e. The Labute approximate surface area is 251 Å². The number of rotatable bonds is 22. The lowest BCUT2D eigenvalue weighted by Crippen LogP contribution is -2.40. The number of aliphatic carboxylic acids is 1. The average molecular weight is 577 g/mol. The first-order chi connectivity index (χ1) is 20.5. The predicted octanol–water partition coefficient (Wildman–Crippen LogP) is 7.34. The van der Waals surface area contributed by atoms with Crippen molar-refractivity contribution in [2.45, 2.75) is 83.6 Å². The van der Waals surface area contributed by atoms with E-state index in [4.69, 9.17) is 0 Å². The number of benzene rings is 1. The Balaban J connectivity index is 2.07. The highest BCUT2D eigenvalue weighted by Crippen LogP contribution is 2.16. The second kappa shape index (κ2) is 24.6. The van der Waals surface area contributed by atoms with E-state index in [1.54, 1.807) is 12.1 Å². The zero-order valence-electron chi connectivity index (χ0n) is 24.9. The molecule has 228 valence electrons. The third kappa shape index (κ3) is 19.0. The summed E-state index contributed by atoms with van der Waals surface area (Å²) < 4.78 is 0. The van der Waals surface area contributed by atoms with Crippen LogP contribution in [0.2, 0.25) is 0 Å². The van der Waals surface area contributed by atoms with Crippen molar-refractivity contribution >= 4 is 17.8 Å². The minimum Gasteiger partial charge on any atom is -0.507 e. The van der Waals surface area contributed by atoms with Gasteiger partial charge in [0.2, 0.25) is 5.91 Å². The molecule has 1 rings (SSSR count). The van der Waals surface area contributed by atoms with Crippen LogP contribution in [-0.2, 0) is 9.59 Å². The Morgan fingerprint density at radius 2 is 1.29 bits per heavy atom. The molecule has 0 aromatic heterocycles. The number of para-hydroxylation sites is 1. The van der Waals surface area contributed by atoms with Gasteiger partial charge in [-0.25, -0.2) is 4.79 Å². The Morgan fingerprint density at radius 1 is 0.762 bits per heavy atom. The molecule has 4 N–H and O–H groups in total. The van der Waals surface area contributed by atoms with Crippen LogP contribution in [0.1, 0.15) is 87.9 Å². The summed E-state index contributed by atoms with van der Waals surface area (Å²) in [6, 6.07) is 4.91. The summed E-state index contributed by atoms with van der Waals surface area (Å²) >= 11 is 0. The number of aromatic hydroxyl groups is 1. The van der Waals surface area contributed by atoms with E-state index in [-0.39, 0.29) is 23.6 Å². The first-order valence-corrected chi connectivity index (χ1v) is 14.9. The van der Waals surface area contributed by atoms with Gasteiger partial charge in [-0.1, -0.05) is 92.0 Å². The van der Waals surface area contributed by atoms with Crippen molar-refractivity contribution < 1.29 is 24.6 Å². The number of hydrogen-bond acceptors (Lipinski definition) is 4. The lowest BCUT2D eigenvalue weighted by Gasteiger charge is -2.15. The standard InChI is InChI=1S/C35H48N2O5/c1-2-3-4-5-6-7-8-9-10-11-12-13-14-15-16-17-18-19-20-28-33(39)36-29-24-23-26-31(35(41)42)37-34(40)30-25-21-22-27-32(30)38/h3-4,6-7,9-10,12-13,15-16,18-19,21-22,25,27,31,38H,2,5,8,11,14,17,20,23-24,26,28-29H2,1H3,(H,36,39)(H,37,40)(H,41,42). The van der Waals surface area contributed by atoms with Gasteiger partial charge < -0.3 is 20.8 Å². The van der Waals surface area contributed by atoms with Crippen molar-refractivity contribution in [2.24, 2.45) is 0 Å². The number of carbonyl (C=O) groups excluding carboxylic acids is 2. The fourth-order valence-corrected chi connectivity index (χ4v) is 3.80. The van der Waals surface area contributed by atoms with Crippen LogP contribution in [0.15, 0.2) is 97.2 Å². The molecule has 2 amide bonds. The van der Waals surface area contributed by atoms with Crippen LogP contribution in [0.3, 0.4) is 0 Å². The van der Waals surface area contributed by atoms with Gasteiger partial charge >= 0.3 is 5.97 Å². The van der Waals surface area contributed by atoms with E-state index in [1.165, 1.54) is 12.1 Å². The summed E-state index contributed by atoms with van der Waals surface area (Å²) in [6.07, 6.45) is 33.9. The summed E-state index contributed by atoms with van der Waals surface area (Å²) in [5.74, 6) is -2.02. The van der Waals surface area contributed by atoms with Crippen LogP contribution in [0, 0.1) is 0 Å². The predicted molar refractivity (Wildman–Crippen MR) is 171 cm³/mol. The van der Waals surface area contributed by atoms with Crippen molar-refractivity contribution in [3.05, 3.63) is 103 Å². The molecule has 1 unspecified atom stereocenters. The molecular formula is C35H48N2O5. The van der Waals surface area contributed by atoms with Gasteiger partial charge in [-0.3, -0.25) is 9.59 Å². The Hall–Kier alpha value is -4.13. The van der Waals surface area contributed by atoms with E-state index in [1.807, 2.05) is 6.08 Å². The number of amides is 2. The number of carbonyl (C=O) groups is 3. The maximum absolute atomic E-state index is 12.3. The molecule has 7 heteroatoms. The maximum Gasteiger partial charge on any atom is 0.326 e. The van der Waals surface area contributed by atoms with Gasteiger partial charge in [-0.2, -0.15) is 0 Å². The molecule has 0 aliphatic rings. The highest BCUT2D eigenvalue weighted by Gasteiger charge is 2.21. The highest BCUT2D eigenvalue weighted by atomic mass is 16.4. The summed E-state index contributed by atoms with van der Waals surface area (Å²) in [6.45, 7) is 2.59. The topological polar surface area (TPSA) is 116 Å². The van der Waals surface area contributed by atoms with Gasteiger partial charge in [-0.05, 0) is 76.3 Å². The summed E-state index contributed by atoms with van der Waals surface area (Å²) in [5.41, 5.74) is 0.0305. The van der Waals surface area contributed by atoms with E-state index in [0.29, 0.717) is 32.2 Å². The number of unbranched alkanes of at least 4 members (excludes halogenated alkanes) is 1. The minimum absolute atomic E-state index is 0.0305. The van der Waals surface area contributed by atoms with Crippen LogP contribution in [0.4, 0.5) is 0 Å². The van der Waals surface area contributed by atoms with Gasteiger partial charge in [0.05, 0.1) is 5.56 Å². The quantitative estimate of drug-likeness (QED) is 0.0851. The number of allylic oxidation sites excluding steroid dienone is 12. The zero-order chi connectivity index (χ0) is 30.7. The molecule has 0 heterocycles. The van der Waals surface area contributed by atoms with Crippen molar-refractivity contribution in [2.75, 3.05) is 6.54 Å². The molecule has 7 nitrogen and oxygen atoms in total. The average Bonchev–Trinajstić information content (AvgIpc) is 2.97. The lowest BCUT2D eigenvalue weighted by atomic mass is 10.1. The molecule has 0 spiro atoms. The van der Waals surface area contributed by atoms with Crippen molar-refractivity contribution in [1.29, 1.82) is 0 Å². The molecular weight excluding hydrogens is 528 g/mol. The molecule has 0 aliphatic carbocycles. The Morgan fingerprint density at radius 3 is 1.81 bits per heavy atom. The van der Waals surface area contributed by atoms with Crippen molar-refractivity contribution in [3.63, 3.8) is 0 Å². The maximum atomic E-state index is 12.3. The molecule has 0 bridgehead atoms. The second-order valence-corrected chi connectivity index (χ2v) is 9.68. The summed E-state index contributed by atoms with van der Waals surface area (Å²) in [7, 11) is 0. The van der Waals surface area contributed by atoms with Gasteiger partial charge in [-0.15, -0.1) is 0 Å². The van der Waals surface area contributed by atoms with Crippen LogP contribution in [0.25, 0.3) is 0 Å². The molecule has 0 radical (unpaired) electrons. The number of phenolic OH excluding ortho intramolecular Hbond substituents is 1. The largest absolute Gasteiger partial charge is 0.507 e. The van der Waals surface area contributed by atoms with E-state index >= 15 is 0 Å². The first kappa shape index (κ1) is 35.9. The van der Waals surface area contributed by atoms with E-state index in [9.17, 15) is 24.6 Å². The van der Waals surface area contributed by atoms with E-state index in [0.717, 1.165) is 38.5 Å². The fourth-order valence-electron chi connectivity index (χ4n) is 3.80. The monoisotopic (exact) mass is 576 g/mol. The molecule has 0 saturated heterocycles. The number of carboxylic acids is 1. The molecule has 0 fully saturated rings. The van der Waals surface area contributed by atoms with Crippen LogP contribution < -0.4 is 10.6 Å². The molecule has 42 heavy (non-hydrogen) atoms. The third-order valence-corrected chi connectivity index (χ3v) is 6.13.